The second-order valence-corrected chi connectivity index (χ2v) is 16.9. The molecule has 1 aliphatic carbocycles. The summed E-state index contributed by atoms with van der Waals surface area (Å²) in [6.45, 7) is 8.26. The zero-order valence-corrected chi connectivity index (χ0v) is 33.1. The second-order valence-electron chi connectivity index (χ2n) is 15.8. The summed E-state index contributed by atoms with van der Waals surface area (Å²) in [4.78, 5) is 4.03. The van der Waals surface area contributed by atoms with Crippen LogP contribution in [0, 0.1) is 6.57 Å². The summed E-state index contributed by atoms with van der Waals surface area (Å²) in [7, 11) is 0. The standard InChI is InChI=1S/C56H33N3S/c1-57-34-27-28-38(36-17-5-6-20-40(36)52-41-21-7-8-22-42(41)53-46(52)30-29-44-39-19-11-14-26-51(39)60-56(44)53)50(33-34)59-47-24-12-9-18-37(47)43-31-32-49-54(55(43)59)45-23-10-13-25-48(45)58(49)35-15-3-2-4-16-35/h2-33,52H. The van der Waals surface area contributed by atoms with Crippen molar-refractivity contribution in [3.8, 4) is 33.6 Å². The molecule has 1 unspecified atom stereocenters. The topological polar surface area (TPSA) is 14.2 Å². The van der Waals surface area contributed by atoms with Crippen LogP contribution in [0.2, 0.25) is 0 Å². The summed E-state index contributed by atoms with van der Waals surface area (Å²) >= 11 is 1.90. The van der Waals surface area contributed by atoms with E-state index < -0.39 is 0 Å². The van der Waals surface area contributed by atoms with E-state index >= 15 is 0 Å². The summed E-state index contributed by atoms with van der Waals surface area (Å²) in [5.74, 6) is 0.0316. The minimum atomic E-state index is 0.0316. The van der Waals surface area contributed by atoms with E-state index in [1.807, 2.05) is 17.4 Å². The third-order valence-corrected chi connectivity index (χ3v) is 14.0. The molecule has 0 spiro atoms. The van der Waals surface area contributed by atoms with Crippen molar-refractivity contribution in [1.82, 2.24) is 9.13 Å². The van der Waals surface area contributed by atoms with E-state index in [1.165, 1.54) is 69.5 Å². The average Bonchev–Trinajstić information content (AvgIpc) is 4.05. The molecular formula is C56H33N3S. The number of aromatic nitrogens is 2. The molecule has 12 aromatic rings. The Morgan fingerprint density at radius 1 is 0.450 bits per heavy atom. The minimum absolute atomic E-state index is 0.0316. The van der Waals surface area contributed by atoms with Gasteiger partial charge in [-0.1, -0.05) is 152 Å². The molecule has 0 N–H and O–H groups in total. The Hall–Kier alpha value is -7.71. The quantitative estimate of drug-likeness (QED) is 0.158. The van der Waals surface area contributed by atoms with Gasteiger partial charge >= 0.3 is 0 Å². The number of thiophene rings is 1. The molecule has 0 aliphatic heterocycles. The molecule has 13 rings (SSSR count). The van der Waals surface area contributed by atoms with Crippen LogP contribution in [0.5, 0.6) is 0 Å². The molecule has 0 bridgehead atoms. The molecule has 1 atom stereocenters. The molecule has 0 saturated heterocycles. The maximum atomic E-state index is 8.26. The number of nitrogens with zero attached hydrogens (tertiary/aromatic N) is 3. The fourth-order valence-electron chi connectivity index (χ4n) is 10.4. The SMILES string of the molecule is [C-]#[N+]c1ccc(-c2ccccc2C2c3ccccc3-c3c2ccc2c3sc3ccccc32)c(-n2c3ccccc3c3ccc4c(c5ccccc5n4-c4ccccc4)c32)c1. The molecule has 3 heterocycles. The normalized spacial score (nSPS) is 13.5. The van der Waals surface area contributed by atoms with Gasteiger partial charge in [-0.3, -0.25) is 0 Å². The lowest BCUT2D eigenvalue weighted by molar-refractivity contribution is 1.02. The number of rotatable bonds is 4. The zero-order valence-electron chi connectivity index (χ0n) is 32.3. The van der Waals surface area contributed by atoms with Crippen LogP contribution in [0.1, 0.15) is 22.6 Å². The summed E-state index contributed by atoms with van der Waals surface area (Å²) in [6, 6.07) is 70.5. The Morgan fingerprint density at radius 3 is 1.92 bits per heavy atom. The van der Waals surface area contributed by atoms with E-state index in [2.05, 4.69) is 202 Å². The van der Waals surface area contributed by atoms with Crippen LogP contribution in [0.25, 0.3) is 102 Å². The van der Waals surface area contributed by atoms with Crippen LogP contribution < -0.4 is 0 Å². The summed E-state index contributed by atoms with van der Waals surface area (Å²) in [5, 5.41) is 7.40. The van der Waals surface area contributed by atoms with Gasteiger partial charge in [0.05, 0.1) is 28.6 Å². The van der Waals surface area contributed by atoms with Gasteiger partial charge in [0.1, 0.15) is 0 Å². The number of hydrogen-bond donors (Lipinski definition) is 0. The van der Waals surface area contributed by atoms with Gasteiger partial charge in [0.25, 0.3) is 0 Å². The van der Waals surface area contributed by atoms with E-state index in [-0.39, 0.29) is 5.92 Å². The van der Waals surface area contributed by atoms with E-state index in [0.717, 1.165) is 44.6 Å². The van der Waals surface area contributed by atoms with Gasteiger partial charge in [0, 0.05) is 70.1 Å². The molecule has 0 amide bonds. The van der Waals surface area contributed by atoms with Gasteiger partial charge in [-0.05, 0) is 70.3 Å². The smallest absolute Gasteiger partial charge is 0.189 e. The van der Waals surface area contributed by atoms with Crippen LogP contribution in [-0.2, 0) is 0 Å². The molecular weight excluding hydrogens is 747 g/mol. The first-order chi connectivity index (χ1) is 29.8. The monoisotopic (exact) mass is 779 g/mol. The van der Waals surface area contributed by atoms with Gasteiger partial charge in [-0.15, -0.1) is 11.3 Å². The highest BCUT2D eigenvalue weighted by Gasteiger charge is 2.34. The Morgan fingerprint density at radius 2 is 1.10 bits per heavy atom. The predicted octanol–water partition coefficient (Wildman–Crippen LogP) is 15.6. The highest BCUT2D eigenvalue weighted by molar-refractivity contribution is 7.26. The number of para-hydroxylation sites is 3. The first kappa shape index (κ1) is 33.3. The lowest BCUT2D eigenvalue weighted by Gasteiger charge is -2.22. The van der Waals surface area contributed by atoms with Crippen molar-refractivity contribution in [2.24, 2.45) is 0 Å². The molecule has 3 nitrogen and oxygen atoms in total. The molecule has 0 radical (unpaired) electrons. The predicted molar refractivity (Wildman–Crippen MR) is 253 cm³/mol. The van der Waals surface area contributed by atoms with Crippen molar-refractivity contribution in [3.63, 3.8) is 0 Å². The van der Waals surface area contributed by atoms with Gasteiger partial charge < -0.3 is 9.13 Å². The molecule has 60 heavy (non-hydrogen) atoms. The maximum Gasteiger partial charge on any atom is 0.189 e. The molecule has 1 aliphatic rings. The highest BCUT2D eigenvalue weighted by Crippen LogP contribution is 2.55. The first-order valence-corrected chi connectivity index (χ1v) is 21.2. The number of hydrogen-bond acceptors (Lipinski definition) is 1. The molecule has 9 aromatic carbocycles. The van der Waals surface area contributed by atoms with Gasteiger partial charge in [-0.2, -0.15) is 0 Å². The van der Waals surface area contributed by atoms with Crippen LogP contribution >= 0.6 is 11.3 Å². The third-order valence-electron chi connectivity index (χ3n) is 12.8. The molecule has 3 aromatic heterocycles. The average molecular weight is 780 g/mol. The van der Waals surface area contributed by atoms with E-state index in [4.69, 9.17) is 6.57 Å². The van der Waals surface area contributed by atoms with Crippen molar-refractivity contribution >= 4 is 80.8 Å². The van der Waals surface area contributed by atoms with E-state index in [9.17, 15) is 0 Å². The molecule has 0 saturated carbocycles. The number of fused-ring (bicyclic) bond motifs is 14. The van der Waals surface area contributed by atoms with Crippen molar-refractivity contribution in [1.29, 1.82) is 0 Å². The van der Waals surface area contributed by atoms with Crippen molar-refractivity contribution in [2.45, 2.75) is 5.92 Å². The minimum Gasteiger partial charge on any atom is -0.309 e. The molecule has 4 heteroatoms. The van der Waals surface area contributed by atoms with E-state index in [0.29, 0.717) is 5.69 Å². The van der Waals surface area contributed by atoms with E-state index in [1.54, 1.807) is 0 Å². The van der Waals surface area contributed by atoms with Crippen molar-refractivity contribution < 1.29 is 0 Å². The van der Waals surface area contributed by atoms with Crippen LogP contribution in [-0.4, -0.2) is 9.13 Å². The van der Waals surface area contributed by atoms with Crippen LogP contribution in [0.3, 0.4) is 0 Å². The van der Waals surface area contributed by atoms with Crippen molar-refractivity contribution in [2.75, 3.05) is 0 Å². The second kappa shape index (κ2) is 12.6. The first-order valence-electron chi connectivity index (χ1n) is 20.4. The fraction of sp³-hybridized carbons (Fsp3) is 0.0179. The lowest BCUT2D eigenvalue weighted by Crippen LogP contribution is -2.04. The Kier molecular flexibility index (Phi) is 7.01. The maximum absolute atomic E-state index is 8.26. The van der Waals surface area contributed by atoms with Crippen molar-refractivity contribution in [3.05, 3.63) is 222 Å². The third kappa shape index (κ3) is 4.53. The van der Waals surface area contributed by atoms with Crippen LogP contribution in [0.4, 0.5) is 5.69 Å². The molecule has 0 fully saturated rings. The summed E-state index contributed by atoms with van der Waals surface area (Å²) in [5.41, 5.74) is 16.2. The van der Waals surface area contributed by atoms with Gasteiger partial charge in [0.15, 0.2) is 5.69 Å². The zero-order chi connectivity index (χ0) is 39.5. The van der Waals surface area contributed by atoms with Gasteiger partial charge in [0.2, 0.25) is 0 Å². The Labute approximate surface area is 350 Å². The number of benzene rings is 9. The van der Waals surface area contributed by atoms with Gasteiger partial charge in [-0.25, -0.2) is 4.85 Å². The largest absolute Gasteiger partial charge is 0.309 e. The Bertz CT molecular complexity index is 3800. The molecule has 278 valence electrons. The highest BCUT2D eigenvalue weighted by atomic mass is 32.1. The summed E-state index contributed by atoms with van der Waals surface area (Å²) in [6.07, 6.45) is 0. The van der Waals surface area contributed by atoms with Crippen LogP contribution in [0.15, 0.2) is 194 Å². The summed E-state index contributed by atoms with van der Waals surface area (Å²) < 4.78 is 7.51. The lowest BCUT2D eigenvalue weighted by atomic mass is 9.84. The fourth-order valence-corrected chi connectivity index (χ4v) is 11.7. The Balaban J connectivity index is 1.12.